The number of benzene rings is 1. The molecule has 2 aromatic rings. The first kappa shape index (κ1) is 28.0. The fourth-order valence-electron chi connectivity index (χ4n) is 2.17. The van der Waals surface area contributed by atoms with Gasteiger partial charge in [-0.1, -0.05) is 11.6 Å². The van der Waals surface area contributed by atoms with Crippen molar-refractivity contribution >= 4 is 29.7 Å². The van der Waals surface area contributed by atoms with Gasteiger partial charge in [0.25, 0.3) is 0 Å². The van der Waals surface area contributed by atoms with Crippen molar-refractivity contribution in [2.24, 2.45) is 5.73 Å². The molecule has 0 fully saturated rings. The maximum atomic E-state index is 11.3. The van der Waals surface area contributed by atoms with Gasteiger partial charge in [0, 0.05) is 25.0 Å². The van der Waals surface area contributed by atoms with E-state index in [9.17, 15) is 9.59 Å². The molecule has 0 radical (unpaired) electrons. The largest absolute Gasteiger partial charge is 0.494 e. The minimum Gasteiger partial charge on any atom is -0.494 e. The summed E-state index contributed by atoms with van der Waals surface area (Å²) in [6.07, 6.45) is 3.52. The smallest absolute Gasteiger partial charge is 0.305 e. The summed E-state index contributed by atoms with van der Waals surface area (Å²) in [5, 5.41) is 34.0. The van der Waals surface area contributed by atoms with E-state index < -0.39 is 31.3 Å². The standard InChI is InChI=1S/C16H16ClN3O5.C4H11NO3/c1-24-14-8-13(25-9-15-18-4-2-5-19-15)11(17)7-12(14)20(10-21)6-3-16(22)23;5-4(1-6,2-7)3-8/h2,4-5,7-8,10H,3,6,9H2,1H3,(H,22,23);6-8H,1-3,5H2. The maximum absolute atomic E-state index is 11.3. The van der Waals surface area contributed by atoms with Crippen molar-refractivity contribution in [1.29, 1.82) is 0 Å². The van der Waals surface area contributed by atoms with Crippen LogP contribution in [0, 0.1) is 0 Å². The summed E-state index contributed by atoms with van der Waals surface area (Å²) in [4.78, 5) is 31.3. The Morgan fingerprint density at radius 3 is 2.24 bits per heavy atom. The number of ether oxygens (including phenoxy) is 2. The molecule has 0 aliphatic rings. The van der Waals surface area contributed by atoms with Crippen LogP contribution < -0.4 is 20.1 Å². The number of aliphatic hydroxyl groups is 3. The molecule has 1 heterocycles. The highest BCUT2D eigenvalue weighted by atomic mass is 35.5. The van der Waals surface area contributed by atoms with Crippen LogP contribution in [0.15, 0.2) is 30.6 Å². The van der Waals surface area contributed by atoms with Gasteiger partial charge < -0.3 is 40.5 Å². The van der Waals surface area contributed by atoms with Crippen LogP contribution in [0.1, 0.15) is 12.2 Å². The number of aliphatic carboxylic acids is 1. The number of carboxylic acid groups (broad SMARTS) is 1. The Balaban J connectivity index is 0.000000582. The van der Waals surface area contributed by atoms with E-state index in [4.69, 9.17) is 47.2 Å². The van der Waals surface area contributed by atoms with Gasteiger partial charge in [0.1, 0.15) is 18.1 Å². The van der Waals surface area contributed by atoms with Crippen LogP contribution in [0.3, 0.4) is 0 Å². The van der Waals surface area contributed by atoms with E-state index in [0.29, 0.717) is 29.4 Å². The van der Waals surface area contributed by atoms with E-state index in [0.717, 1.165) is 0 Å². The molecule has 0 saturated carbocycles. The fraction of sp³-hybridized carbons (Fsp3) is 0.400. The lowest BCUT2D eigenvalue weighted by molar-refractivity contribution is -0.136. The van der Waals surface area contributed by atoms with E-state index in [1.807, 2.05) is 0 Å². The molecule has 0 saturated heterocycles. The third kappa shape index (κ3) is 9.16. The molecule has 1 aromatic carbocycles. The maximum Gasteiger partial charge on any atom is 0.305 e. The van der Waals surface area contributed by atoms with Gasteiger partial charge in [-0.05, 0) is 12.1 Å². The molecule has 182 valence electrons. The van der Waals surface area contributed by atoms with Gasteiger partial charge in [-0.15, -0.1) is 0 Å². The number of carbonyl (C=O) groups is 2. The van der Waals surface area contributed by atoms with Gasteiger partial charge in [0.15, 0.2) is 5.82 Å². The Labute approximate surface area is 195 Å². The number of nitrogens with two attached hydrogens (primary N) is 1. The quantitative estimate of drug-likeness (QED) is 0.250. The fourth-order valence-corrected chi connectivity index (χ4v) is 2.38. The Bertz CT molecular complexity index is 876. The zero-order chi connectivity index (χ0) is 24.9. The number of carboxylic acids is 1. The van der Waals surface area contributed by atoms with Crippen molar-refractivity contribution in [2.45, 2.75) is 18.6 Å². The molecule has 0 unspecified atom stereocenters. The van der Waals surface area contributed by atoms with Gasteiger partial charge in [0.2, 0.25) is 6.41 Å². The van der Waals surface area contributed by atoms with Crippen LogP contribution in [0.2, 0.25) is 5.02 Å². The molecule has 6 N–H and O–H groups in total. The molecule has 2 rings (SSSR count). The first-order valence-corrected chi connectivity index (χ1v) is 9.92. The van der Waals surface area contributed by atoms with Gasteiger partial charge in [-0.2, -0.15) is 0 Å². The number of hydrogen-bond donors (Lipinski definition) is 5. The second-order valence-electron chi connectivity index (χ2n) is 6.69. The Morgan fingerprint density at radius 2 is 1.79 bits per heavy atom. The van der Waals surface area contributed by atoms with Crippen molar-refractivity contribution in [2.75, 3.05) is 38.4 Å². The van der Waals surface area contributed by atoms with E-state index >= 15 is 0 Å². The summed E-state index contributed by atoms with van der Waals surface area (Å²) >= 11 is 6.21. The lowest BCUT2D eigenvalue weighted by Gasteiger charge is -2.21. The Kier molecular flexibility index (Phi) is 12.0. The summed E-state index contributed by atoms with van der Waals surface area (Å²) in [6, 6.07) is 4.70. The zero-order valence-corrected chi connectivity index (χ0v) is 18.7. The minimum atomic E-state index is -1.21. The molecule has 33 heavy (non-hydrogen) atoms. The number of hydrogen-bond acceptors (Lipinski definition) is 10. The molecule has 1 amide bonds. The SMILES string of the molecule is COc1cc(OCc2ncccn2)c(Cl)cc1N(C=O)CCC(=O)O.NC(CO)(CO)CO. The van der Waals surface area contributed by atoms with Gasteiger partial charge in [0.05, 0.1) is 49.6 Å². The van der Waals surface area contributed by atoms with Crippen molar-refractivity contribution in [3.05, 3.63) is 41.4 Å². The highest BCUT2D eigenvalue weighted by Gasteiger charge is 2.21. The molecular weight excluding hydrogens is 460 g/mol. The van der Waals surface area contributed by atoms with Crippen LogP contribution >= 0.6 is 11.6 Å². The number of halogens is 1. The zero-order valence-electron chi connectivity index (χ0n) is 17.9. The molecule has 13 heteroatoms. The van der Waals surface area contributed by atoms with E-state index in [2.05, 4.69) is 9.97 Å². The first-order chi connectivity index (χ1) is 15.7. The Hall–Kier alpha value is -3.03. The number of aliphatic hydroxyl groups excluding tert-OH is 3. The van der Waals surface area contributed by atoms with E-state index in [-0.39, 0.29) is 24.6 Å². The molecule has 1 aromatic heterocycles. The summed E-state index contributed by atoms with van der Waals surface area (Å²) in [5.74, 6) is 0.127. The highest BCUT2D eigenvalue weighted by Crippen LogP contribution is 2.38. The van der Waals surface area contributed by atoms with Crippen LogP contribution in [-0.2, 0) is 16.2 Å². The summed E-state index contributed by atoms with van der Waals surface area (Å²) < 4.78 is 10.9. The summed E-state index contributed by atoms with van der Waals surface area (Å²) in [5.41, 5.74) is 4.29. The van der Waals surface area contributed by atoms with E-state index in [1.54, 1.807) is 18.5 Å². The summed E-state index contributed by atoms with van der Waals surface area (Å²) in [6.45, 7) is -1.11. The molecular formula is C20H27ClN4O8. The number of rotatable bonds is 12. The molecule has 12 nitrogen and oxygen atoms in total. The van der Waals surface area contributed by atoms with Gasteiger partial charge in [-0.25, -0.2) is 9.97 Å². The monoisotopic (exact) mass is 486 g/mol. The lowest BCUT2D eigenvalue weighted by atomic mass is 10.1. The molecule has 0 aliphatic carbocycles. The number of carbonyl (C=O) groups excluding carboxylic acids is 1. The first-order valence-electron chi connectivity index (χ1n) is 9.55. The predicted molar refractivity (Wildman–Crippen MR) is 118 cm³/mol. The lowest BCUT2D eigenvalue weighted by Crippen LogP contribution is -2.50. The number of aromatic nitrogens is 2. The van der Waals surface area contributed by atoms with Crippen molar-refractivity contribution < 1.29 is 39.5 Å². The summed E-state index contributed by atoms with van der Waals surface area (Å²) in [7, 11) is 1.43. The third-order valence-corrected chi connectivity index (χ3v) is 4.45. The predicted octanol–water partition coefficient (Wildman–Crippen LogP) is -0.184. The molecule has 0 aliphatic heterocycles. The molecule has 0 bridgehead atoms. The van der Waals surface area contributed by atoms with Crippen molar-refractivity contribution in [1.82, 2.24) is 9.97 Å². The number of anilines is 1. The number of nitrogens with zero attached hydrogens (tertiary/aromatic N) is 3. The third-order valence-electron chi connectivity index (χ3n) is 4.16. The van der Waals surface area contributed by atoms with Crippen LogP contribution in [0.5, 0.6) is 11.5 Å². The van der Waals surface area contributed by atoms with Crippen molar-refractivity contribution in [3.63, 3.8) is 0 Å². The van der Waals surface area contributed by atoms with Crippen LogP contribution in [-0.4, -0.2) is 81.8 Å². The number of amides is 1. The molecule has 0 spiro atoms. The minimum absolute atomic E-state index is 0.0103. The van der Waals surface area contributed by atoms with Crippen LogP contribution in [0.25, 0.3) is 0 Å². The second kappa shape index (κ2) is 14.2. The molecule has 0 atom stereocenters. The Morgan fingerprint density at radius 1 is 1.18 bits per heavy atom. The highest BCUT2D eigenvalue weighted by molar-refractivity contribution is 6.32. The average molecular weight is 487 g/mol. The average Bonchev–Trinajstić information content (AvgIpc) is 2.84. The van der Waals surface area contributed by atoms with Crippen LogP contribution in [0.4, 0.5) is 5.69 Å². The van der Waals surface area contributed by atoms with Gasteiger partial charge in [-0.3, -0.25) is 9.59 Å². The second-order valence-corrected chi connectivity index (χ2v) is 7.09. The van der Waals surface area contributed by atoms with Gasteiger partial charge >= 0.3 is 5.97 Å². The topological polar surface area (TPSA) is 189 Å². The number of methoxy groups -OCH3 is 1. The van der Waals surface area contributed by atoms with Crippen molar-refractivity contribution in [3.8, 4) is 11.5 Å². The van der Waals surface area contributed by atoms with E-state index in [1.165, 1.54) is 24.1 Å². The normalized spacial score (nSPS) is 10.6.